The van der Waals surface area contributed by atoms with Crippen LogP contribution in [0.3, 0.4) is 0 Å². The van der Waals surface area contributed by atoms with Crippen molar-refractivity contribution in [3.63, 3.8) is 0 Å². The second-order valence-electron chi connectivity index (χ2n) is 7.14. The highest BCUT2D eigenvalue weighted by atomic mass is 32.1. The van der Waals surface area contributed by atoms with Gasteiger partial charge in [-0.3, -0.25) is 9.69 Å². The first-order valence-corrected chi connectivity index (χ1v) is 10.5. The molecule has 150 valence electrons. The minimum Gasteiger partial charge on any atom is -0.392 e. The molecule has 0 radical (unpaired) electrons. The van der Waals surface area contributed by atoms with E-state index >= 15 is 0 Å². The van der Waals surface area contributed by atoms with E-state index in [4.69, 9.17) is 0 Å². The van der Waals surface area contributed by atoms with E-state index in [1.165, 1.54) is 23.5 Å². The highest BCUT2D eigenvalue weighted by Gasteiger charge is 2.31. The van der Waals surface area contributed by atoms with Gasteiger partial charge in [-0.25, -0.2) is 9.37 Å². The third kappa shape index (κ3) is 4.70. The Kier molecular flexibility index (Phi) is 5.99. The SMILES string of the molecule is O=C(Nc1nc(-c2ccc(F)cc2)cs1)C(c1ccccc1)N1CCCC(O)C1. The summed E-state index contributed by atoms with van der Waals surface area (Å²) in [6.07, 6.45) is 1.18. The molecule has 2 unspecified atom stereocenters. The largest absolute Gasteiger partial charge is 0.392 e. The zero-order valence-corrected chi connectivity index (χ0v) is 16.6. The topological polar surface area (TPSA) is 65.5 Å². The van der Waals surface area contributed by atoms with E-state index in [1.54, 1.807) is 12.1 Å². The van der Waals surface area contributed by atoms with Crippen LogP contribution in [0.25, 0.3) is 11.3 Å². The van der Waals surface area contributed by atoms with Crippen molar-refractivity contribution in [2.24, 2.45) is 0 Å². The van der Waals surface area contributed by atoms with Crippen molar-refractivity contribution in [1.29, 1.82) is 0 Å². The molecule has 1 fully saturated rings. The molecule has 3 aromatic rings. The van der Waals surface area contributed by atoms with E-state index in [2.05, 4.69) is 10.3 Å². The highest BCUT2D eigenvalue weighted by molar-refractivity contribution is 7.14. The summed E-state index contributed by atoms with van der Waals surface area (Å²) in [6, 6.07) is 15.2. The Morgan fingerprint density at radius 1 is 1.21 bits per heavy atom. The molecular formula is C22H22FN3O2S. The van der Waals surface area contributed by atoms with Gasteiger partial charge in [-0.2, -0.15) is 0 Å². The van der Waals surface area contributed by atoms with E-state index in [-0.39, 0.29) is 11.7 Å². The first kappa shape index (κ1) is 19.7. The fraction of sp³-hybridized carbons (Fsp3) is 0.273. The monoisotopic (exact) mass is 411 g/mol. The number of amides is 1. The van der Waals surface area contributed by atoms with Crippen LogP contribution in [0.1, 0.15) is 24.4 Å². The number of carbonyl (C=O) groups is 1. The summed E-state index contributed by atoms with van der Waals surface area (Å²) in [5.41, 5.74) is 2.37. The number of β-amino-alcohol motifs (C(OH)–C–C–N with tert-alkyl or cyclic N) is 1. The van der Waals surface area contributed by atoms with Crippen LogP contribution in [0.5, 0.6) is 0 Å². The first-order chi connectivity index (χ1) is 14.1. The molecule has 1 saturated heterocycles. The average Bonchev–Trinajstić information content (AvgIpc) is 3.18. The number of anilines is 1. The number of halogens is 1. The van der Waals surface area contributed by atoms with Crippen molar-refractivity contribution in [1.82, 2.24) is 9.88 Å². The van der Waals surface area contributed by atoms with Gasteiger partial charge in [0.25, 0.3) is 0 Å². The number of nitrogens with zero attached hydrogens (tertiary/aromatic N) is 2. The van der Waals surface area contributed by atoms with Crippen molar-refractivity contribution in [2.45, 2.75) is 25.0 Å². The molecule has 2 atom stereocenters. The summed E-state index contributed by atoms with van der Waals surface area (Å²) in [7, 11) is 0. The number of likely N-dealkylation sites (tertiary alicyclic amines) is 1. The molecule has 1 amide bonds. The second kappa shape index (κ2) is 8.82. The van der Waals surface area contributed by atoms with Gasteiger partial charge in [0.1, 0.15) is 11.9 Å². The number of aliphatic hydroxyl groups excluding tert-OH is 1. The molecule has 2 aromatic carbocycles. The van der Waals surface area contributed by atoms with Crippen LogP contribution >= 0.6 is 11.3 Å². The molecule has 1 aliphatic heterocycles. The molecule has 2 N–H and O–H groups in total. The van der Waals surface area contributed by atoms with Crippen molar-refractivity contribution in [2.75, 3.05) is 18.4 Å². The molecule has 7 heteroatoms. The van der Waals surface area contributed by atoms with Gasteiger partial charge in [-0.15, -0.1) is 11.3 Å². The van der Waals surface area contributed by atoms with Gasteiger partial charge < -0.3 is 10.4 Å². The Morgan fingerprint density at radius 3 is 2.69 bits per heavy atom. The third-order valence-electron chi connectivity index (χ3n) is 5.03. The Bertz CT molecular complexity index is 962. The Morgan fingerprint density at radius 2 is 1.97 bits per heavy atom. The van der Waals surface area contributed by atoms with Gasteiger partial charge in [0, 0.05) is 17.5 Å². The van der Waals surface area contributed by atoms with Crippen molar-refractivity contribution < 1.29 is 14.3 Å². The van der Waals surface area contributed by atoms with E-state index in [1.807, 2.05) is 40.6 Å². The Balaban J connectivity index is 1.54. The van der Waals surface area contributed by atoms with Gasteiger partial charge in [0.2, 0.25) is 5.91 Å². The fourth-order valence-electron chi connectivity index (χ4n) is 3.64. The lowest BCUT2D eigenvalue weighted by atomic mass is 10.00. The number of thiazole rings is 1. The molecular weight excluding hydrogens is 389 g/mol. The lowest BCUT2D eigenvalue weighted by molar-refractivity contribution is -0.122. The molecule has 1 aliphatic rings. The van der Waals surface area contributed by atoms with E-state index in [9.17, 15) is 14.3 Å². The molecule has 2 heterocycles. The number of carbonyl (C=O) groups excluding carboxylic acids is 1. The predicted octanol–water partition coefficient (Wildman–Crippen LogP) is 4.09. The zero-order valence-electron chi connectivity index (χ0n) is 15.8. The summed E-state index contributed by atoms with van der Waals surface area (Å²) in [5.74, 6) is -0.475. The Labute approximate surface area is 172 Å². The summed E-state index contributed by atoms with van der Waals surface area (Å²) < 4.78 is 13.1. The second-order valence-corrected chi connectivity index (χ2v) is 8.00. The lowest BCUT2D eigenvalue weighted by Crippen LogP contribution is -2.44. The van der Waals surface area contributed by atoms with Crippen LogP contribution < -0.4 is 5.32 Å². The van der Waals surface area contributed by atoms with Crippen molar-refractivity contribution in [3.05, 3.63) is 71.4 Å². The minimum atomic E-state index is -0.496. The maximum Gasteiger partial charge on any atom is 0.248 e. The molecule has 1 aromatic heterocycles. The summed E-state index contributed by atoms with van der Waals surface area (Å²) in [5, 5.41) is 15.3. The van der Waals surface area contributed by atoms with Crippen LogP contribution in [-0.2, 0) is 4.79 Å². The quantitative estimate of drug-likeness (QED) is 0.664. The van der Waals surface area contributed by atoms with Crippen LogP contribution in [0.2, 0.25) is 0 Å². The molecule has 5 nitrogen and oxygen atoms in total. The zero-order chi connectivity index (χ0) is 20.2. The normalized spacial score (nSPS) is 18.3. The summed E-state index contributed by atoms with van der Waals surface area (Å²) in [6.45, 7) is 1.22. The van der Waals surface area contributed by atoms with E-state index < -0.39 is 12.1 Å². The van der Waals surface area contributed by atoms with Crippen LogP contribution in [0.15, 0.2) is 60.0 Å². The maximum atomic E-state index is 13.2. The molecule has 0 bridgehead atoms. The van der Waals surface area contributed by atoms with Crippen molar-refractivity contribution in [3.8, 4) is 11.3 Å². The van der Waals surface area contributed by atoms with Crippen LogP contribution in [0.4, 0.5) is 9.52 Å². The molecule has 0 aliphatic carbocycles. The fourth-order valence-corrected chi connectivity index (χ4v) is 4.36. The number of aromatic nitrogens is 1. The van der Waals surface area contributed by atoms with Gasteiger partial charge in [0.15, 0.2) is 5.13 Å². The third-order valence-corrected chi connectivity index (χ3v) is 5.79. The molecule has 0 saturated carbocycles. The summed E-state index contributed by atoms with van der Waals surface area (Å²) >= 11 is 1.33. The van der Waals surface area contributed by atoms with Crippen LogP contribution in [-0.4, -0.2) is 40.1 Å². The number of hydrogen-bond acceptors (Lipinski definition) is 5. The number of rotatable bonds is 5. The number of piperidine rings is 1. The maximum absolute atomic E-state index is 13.2. The molecule has 4 rings (SSSR count). The summed E-state index contributed by atoms with van der Waals surface area (Å²) in [4.78, 5) is 19.7. The molecule has 29 heavy (non-hydrogen) atoms. The predicted molar refractivity (Wildman–Crippen MR) is 112 cm³/mol. The number of nitrogens with one attached hydrogen (secondary N) is 1. The molecule has 0 spiro atoms. The van der Waals surface area contributed by atoms with Gasteiger partial charge >= 0.3 is 0 Å². The van der Waals surface area contributed by atoms with Gasteiger partial charge in [0.05, 0.1) is 11.8 Å². The number of benzene rings is 2. The average molecular weight is 412 g/mol. The standard InChI is InChI=1S/C22H22FN3O2S/c23-17-10-8-15(9-11-17)19-14-29-22(24-19)25-21(28)20(16-5-2-1-3-6-16)26-12-4-7-18(27)13-26/h1-3,5-6,8-11,14,18,20,27H,4,7,12-13H2,(H,24,25,28). The van der Waals surface area contributed by atoms with Crippen molar-refractivity contribution >= 4 is 22.4 Å². The van der Waals surface area contributed by atoms with E-state index in [0.29, 0.717) is 17.4 Å². The number of hydrogen-bond donors (Lipinski definition) is 2. The smallest absolute Gasteiger partial charge is 0.248 e. The lowest BCUT2D eigenvalue weighted by Gasteiger charge is -2.35. The van der Waals surface area contributed by atoms with Gasteiger partial charge in [-0.05, 0) is 49.2 Å². The van der Waals surface area contributed by atoms with Gasteiger partial charge in [-0.1, -0.05) is 30.3 Å². The first-order valence-electron chi connectivity index (χ1n) is 9.59. The minimum absolute atomic E-state index is 0.176. The number of aliphatic hydroxyl groups is 1. The Hall–Kier alpha value is -2.61. The van der Waals surface area contributed by atoms with E-state index in [0.717, 1.165) is 30.5 Å². The highest BCUT2D eigenvalue weighted by Crippen LogP contribution is 2.29. The van der Waals surface area contributed by atoms with Crippen LogP contribution in [0, 0.1) is 5.82 Å².